The van der Waals surface area contributed by atoms with Gasteiger partial charge in [0.15, 0.2) is 0 Å². The second-order valence-corrected chi connectivity index (χ2v) is 8.19. The van der Waals surface area contributed by atoms with E-state index in [4.69, 9.17) is 11.6 Å². The van der Waals surface area contributed by atoms with Crippen LogP contribution in [0.2, 0.25) is 0 Å². The average molecular weight is 356 g/mol. The SMILES string of the molecule is CCCCCCC1C=CC(CCCCCCCCCl)C(CNC)C1. The van der Waals surface area contributed by atoms with E-state index in [-0.39, 0.29) is 0 Å². The summed E-state index contributed by atoms with van der Waals surface area (Å²) >= 11 is 5.73. The van der Waals surface area contributed by atoms with Crippen LogP contribution in [0.15, 0.2) is 12.2 Å². The van der Waals surface area contributed by atoms with Crippen LogP contribution in [-0.4, -0.2) is 19.5 Å². The Kier molecular flexibility index (Phi) is 14.0. The summed E-state index contributed by atoms with van der Waals surface area (Å²) in [6.07, 6.45) is 23.0. The van der Waals surface area contributed by atoms with Crippen molar-refractivity contribution < 1.29 is 0 Å². The van der Waals surface area contributed by atoms with Crippen LogP contribution in [0.4, 0.5) is 0 Å². The molecule has 1 N–H and O–H groups in total. The minimum atomic E-state index is 0.812. The van der Waals surface area contributed by atoms with Gasteiger partial charge in [0.2, 0.25) is 0 Å². The lowest BCUT2D eigenvalue weighted by Gasteiger charge is -2.32. The standard InChI is InChI=1S/C22H42ClN/c1-3-4-5-10-13-20-15-16-21(22(18-20)19-24-2)14-11-8-6-7-9-12-17-23/h15-16,20-22,24H,3-14,17-19H2,1-2H3. The summed E-state index contributed by atoms with van der Waals surface area (Å²) in [6, 6.07) is 0. The molecule has 1 rings (SSSR count). The third-order valence-electron chi connectivity index (χ3n) is 5.66. The minimum Gasteiger partial charge on any atom is -0.319 e. The molecule has 0 bridgehead atoms. The molecule has 3 atom stereocenters. The summed E-state index contributed by atoms with van der Waals surface area (Å²) in [7, 11) is 2.11. The molecule has 0 saturated heterocycles. The zero-order valence-electron chi connectivity index (χ0n) is 16.4. The van der Waals surface area contributed by atoms with E-state index < -0.39 is 0 Å². The molecule has 24 heavy (non-hydrogen) atoms. The quantitative estimate of drug-likeness (QED) is 0.190. The Balaban J connectivity index is 2.24. The van der Waals surface area contributed by atoms with Crippen molar-refractivity contribution in [2.24, 2.45) is 17.8 Å². The highest BCUT2D eigenvalue weighted by molar-refractivity contribution is 6.17. The number of unbranched alkanes of at least 4 members (excludes halogenated alkanes) is 8. The summed E-state index contributed by atoms with van der Waals surface area (Å²) in [4.78, 5) is 0. The number of rotatable bonds is 15. The number of hydrogen-bond acceptors (Lipinski definition) is 1. The Morgan fingerprint density at radius 2 is 1.54 bits per heavy atom. The Morgan fingerprint density at radius 3 is 2.25 bits per heavy atom. The first-order valence-electron chi connectivity index (χ1n) is 10.7. The van der Waals surface area contributed by atoms with Gasteiger partial charge in [0.25, 0.3) is 0 Å². The summed E-state index contributed by atoms with van der Waals surface area (Å²) in [5.41, 5.74) is 0. The molecule has 0 spiro atoms. The number of halogens is 1. The van der Waals surface area contributed by atoms with Crippen molar-refractivity contribution >= 4 is 11.6 Å². The molecule has 0 aromatic carbocycles. The van der Waals surface area contributed by atoms with Gasteiger partial charge in [-0.1, -0.05) is 76.9 Å². The van der Waals surface area contributed by atoms with E-state index in [1.54, 1.807) is 0 Å². The van der Waals surface area contributed by atoms with E-state index in [1.165, 1.54) is 90.0 Å². The fourth-order valence-corrected chi connectivity index (χ4v) is 4.35. The Morgan fingerprint density at radius 1 is 0.875 bits per heavy atom. The van der Waals surface area contributed by atoms with E-state index in [0.717, 1.165) is 23.6 Å². The molecular weight excluding hydrogens is 314 g/mol. The van der Waals surface area contributed by atoms with Crippen LogP contribution >= 0.6 is 11.6 Å². The maximum Gasteiger partial charge on any atom is 0.0223 e. The topological polar surface area (TPSA) is 12.0 Å². The summed E-state index contributed by atoms with van der Waals surface area (Å²) in [5, 5.41) is 3.44. The zero-order chi connectivity index (χ0) is 17.5. The second-order valence-electron chi connectivity index (χ2n) is 7.81. The summed E-state index contributed by atoms with van der Waals surface area (Å²) < 4.78 is 0. The number of allylic oxidation sites excluding steroid dienone is 2. The molecule has 0 amide bonds. The molecule has 1 aliphatic rings. The number of nitrogens with one attached hydrogen (secondary N) is 1. The first-order valence-corrected chi connectivity index (χ1v) is 11.2. The summed E-state index contributed by atoms with van der Waals surface area (Å²) in [5.74, 6) is 3.34. The van der Waals surface area contributed by atoms with Gasteiger partial charge in [-0.2, -0.15) is 0 Å². The normalized spacial score (nSPS) is 23.7. The van der Waals surface area contributed by atoms with E-state index in [0.29, 0.717) is 0 Å². The highest BCUT2D eigenvalue weighted by Crippen LogP contribution is 2.34. The number of hydrogen-bond donors (Lipinski definition) is 1. The largest absolute Gasteiger partial charge is 0.319 e. The van der Waals surface area contributed by atoms with Crippen molar-refractivity contribution in [2.75, 3.05) is 19.5 Å². The second kappa shape index (κ2) is 15.3. The van der Waals surface area contributed by atoms with E-state index >= 15 is 0 Å². The zero-order valence-corrected chi connectivity index (χ0v) is 17.1. The lowest BCUT2D eigenvalue weighted by atomic mass is 9.75. The van der Waals surface area contributed by atoms with Crippen LogP contribution in [0.1, 0.15) is 90.4 Å². The van der Waals surface area contributed by atoms with Crippen molar-refractivity contribution in [3.8, 4) is 0 Å². The van der Waals surface area contributed by atoms with Gasteiger partial charge in [-0.25, -0.2) is 0 Å². The Hall–Kier alpha value is -0.0100. The third kappa shape index (κ3) is 10.1. The van der Waals surface area contributed by atoms with Crippen LogP contribution in [0.3, 0.4) is 0 Å². The fraction of sp³-hybridized carbons (Fsp3) is 0.909. The molecule has 2 heteroatoms. The maximum atomic E-state index is 5.73. The average Bonchev–Trinajstić information content (AvgIpc) is 2.59. The lowest BCUT2D eigenvalue weighted by Crippen LogP contribution is -2.29. The highest BCUT2D eigenvalue weighted by Gasteiger charge is 2.25. The molecule has 0 saturated carbocycles. The molecule has 3 unspecified atom stereocenters. The third-order valence-corrected chi connectivity index (χ3v) is 5.92. The van der Waals surface area contributed by atoms with Crippen LogP contribution in [0.25, 0.3) is 0 Å². The number of alkyl halides is 1. The van der Waals surface area contributed by atoms with Gasteiger partial charge in [-0.05, 0) is 57.0 Å². The molecule has 0 radical (unpaired) electrons. The molecular formula is C22H42ClN. The van der Waals surface area contributed by atoms with E-state index in [9.17, 15) is 0 Å². The van der Waals surface area contributed by atoms with Crippen molar-refractivity contribution in [1.82, 2.24) is 5.32 Å². The highest BCUT2D eigenvalue weighted by atomic mass is 35.5. The lowest BCUT2D eigenvalue weighted by molar-refractivity contribution is 0.274. The molecule has 142 valence electrons. The van der Waals surface area contributed by atoms with E-state index in [1.807, 2.05) is 0 Å². The van der Waals surface area contributed by atoms with Gasteiger partial charge in [0.05, 0.1) is 0 Å². The molecule has 1 aliphatic carbocycles. The molecule has 0 aliphatic heterocycles. The van der Waals surface area contributed by atoms with Crippen LogP contribution in [0.5, 0.6) is 0 Å². The van der Waals surface area contributed by atoms with Gasteiger partial charge in [0, 0.05) is 5.88 Å². The smallest absolute Gasteiger partial charge is 0.0223 e. The van der Waals surface area contributed by atoms with Crippen LogP contribution < -0.4 is 5.32 Å². The van der Waals surface area contributed by atoms with Crippen LogP contribution in [-0.2, 0) is 0 Å². The minimum absolute atomic E-state index is 0.812. The van der Waals surface area contributed by atoms with Crippen molar-refractivity contribution in [3.05, 3.63) is 12.2 Å². The molecule has 0 aromatic rings. The molecule has 0 fully saturated rings. The predicted molar refractivity (Wildman–Crippen MR) is 110 cm³/mol. The van der Waals surface area contributed by atoms with Crippen molar-refractivity contribution in [3.63, 3.8) is 0 Å². The Labute approximate surface area is 157 Å². The van der Waals surface area contributed by atoms with Crippen molar-refractivity contribution in [1.29, 1.82) is 0 Å². The molecule has 0 heterocycles. The van der Waals surface area contributed by atoms with Gasteiger partial charge in [-0.15, -0.1) is 11.6 Å². The van der Waals surface area contributed by atoms with Gasteiger partial charge < -0.3 is 5.32 Å². The van der Waals surface area contributed by atoms with Gasteiger partial charge in [-0.3, -0.25) is 0 Å². The fourth-order valence-electron chi connectivity index (χ4n) is 4.16. The van der Waals surface area contributed by atoms with Gasteiger partial charge in [0.1, 0.15) is 0 Å². The summed E-state index contributed by atoms with van der Waals surface area (Å²) in [6.45, 7) is 3.49. The predicted octanol–water partition coefficient (Wildman–Crippen LogP) is 6.95. The molecule has 0 aromatic heterocycles. The van der Waals surface area contributed by atoms with E-state index in [2.05, 4.69) is 31.4 Å². The van der Waals surface area contributed by atoms with Crippen LogP contribution in [0, 0.1) is 17.8 Å². The molecule has 1 nitrogen and oxygen atoms in total. The first kappa shape index (κ1) is 22.0. The van der Waals surface area contributed by atoms with Crippen molar-refractivity contribution in [2.45, 2.75) is 90.4 Å². The first-order chi connectivity index (χ1) is 11.8. The monoisotopic (exact) mass is 355 g/mol. The van der Waals surface area contributed by atoms with Gasteiger partial charge >= 0.3 is 0 Å². The maximum absolute atomic E-state index is 5.73. The Bertz CT molecular complexity index is 302.